The first-order valence-corrected chi connectivity index (χ1v) is 10.6. The second-order valence-corrected chi connectivity index (χ2v) is 8.71. The number of likely N-dealkylation sites (tertiary alicyclic amines) is 2. The maximum Gasteiger partial charge on any atom is 0.236 e. The Balaban J connectivity index is 1.30. The molecule has 2 saturated heterocycles. The fourth-order valence-electron chi connectivity index (χ4n) is 4.13. The Hall–Kier alpha value is -1.99. The molecule has 0 spiro atoms. The third kappa shape index (κ3) is 4.14. The Bertz CT molecular complexity index is 795. The lowest BCUT2D eigenvalue weighted by molar-refractivity contribution is -0.136. The smallest absolute Gasteiger partial charge is 0.236 e. The summed E-state index contributed by atoms with van der Waals surface area (Å²) in [5, 5.41) is 1.22. The summed E-state index contributed by atoms with van der Waals surface area (Å²) in [6.45, 7) is 3.50. The molecule has 0 saturated carbocycles. The number of nitrogens with zero attached hydrogens (tertiary/aromatic N) is 3. The topological polar surface area (TPSA) is 79.5 Å². The van der Waals surface area contributed by atoms with Crippen molar-refractivity contribution < 1.29 is 9.59 Å². The number of para-hydroxylation sites is 1. The van der Waals surface area contributed by atoms with Gasteiger partial charge in [0, 0.05) is 19.0 Å². The van der Waals surface area contributed by atoms with E-state index in [1.165, 1.54) is 9.71 Å². The third-order valence-electron chi connectivity index (χ3n) is 5.78. The lowest BCUT2D eigenvalue weighted by Gasteiger charge is -2.35. The number of primary amides is 1. The van der Waals surface area contributed by atoms with E-state index in [4.69, 9.17) is 10.7 Å². The predicted octanol–water partition coefficient (Wildman–Crippen LogP) is 2.20. The first kappa shape index (κ1) is 18.4. The van der Waals surface area contributed by atoms with Crippen molar-refractivity contribution in [3.05, 3.63) is 29.3 Å². The van der Waals surface area contributed by atoms with Crippen LogP contribution >= 0.6 is 11.3 Å². The number of rotatable bonds is 4. The highest BCUT2D eigenvalue weighted by Crippen LogP contribution is 2.33. The van der Waals surface area contributed by atoms with E-state index in [1.54, 1.807) is 11.3 Å². The Morgan fingerprint density at radius 1 is 1.15 bits per heavy atom. The normalized spacial score (nSPS) is 22.2. The summed E-state index contributed by atoms with van der Waals surface area (Å²) in [5.41, 5.74) is 6.51. The number of carbonyl (C=O) groups excluding carboxylic acids is 2. The molecule has 0 unspecified atom stereocenters. The minimum atomic E-state index is -0.288. The number of aromatic nitrogens is 1. The summed E-state index contributed by atoms with van der Waals surface area (Å²) in [5.74, 6) is 0.138. The van der Waals surface area contributed by atoms with Gasteiger partial charge in [-0.1, -0.05) is 12.1 Å². The number of benzene rings is 1. The molecule has 144 valence electrons. The largest absolute Gasteiger partial charge is 0.369 e. The van der Waals surface area contributed by atoms with E-state index in [9.17, 15) is 9.59 Å². The second kappa shape index (κ2) is 7.94. The second-order valence-electron chi connectivity index (χ2n) is 7.65. The average molecular weight is 387 g/mol. The predicted molar refractivity (Wildman–Crippen MR) is 107 cm³/mol. The SMILES string of the molecule is NC(=O)[C@@H]1CCCN(C(=O)CN2CCC(c3nc4ccccc4s3)CC2)C1. The Labute approximate surface area is 163 Å². The molecular weight excluding hydrogens is 360 g/mol. The van der Waals surface area contributed by atoms with Crippen LogP contribution in [-0.4, -0.2) is 59.3 Å². The highest BCUT2D eigenvalue weighted by Gasteiger charge is 2.29. The van der Waals surface area contributed by atoms with Gasteiger partial charge in [-0.15, -0.1) is 11.3 Å². The van der Waals surface area contributed by atoms with E-state index >= 15 is 0 Å². The van der Waals surface area contributed by atoms with Crippen LogP contribution in [-0.2, 0) is 9.59 Å². The van der Waals surface area contributed by atoms with Crippen molar-refractivity contribution in [2.24, 2.45) is 11.7 Å². The molecule has 6 nitrogen and oxygen atoms in total. The number of nitrogens with two attached hydrogens (primary N) is 1. The summed E-state index contributed by atoms with van der Waals surface area (Å²) in [6, 6.07) is 8.29. The van der Waals surface area contributed by atoms with Gasteiger partial charge in [0.1, 0.15) is 0 Å². The lowest BCUT2D eigenvalue weighted by atomic mass is 9.96. The number of fused-ring (bicyclic) bond motifs is 1. The van der Waals surface area contributed by atoms with Crippen molar-refractivity contribution in [3.8, 4) is 0 Å². The van der Waals surface area contributed by atoms with E-state index in [-0.39, 0.29) is 17.7 Å². The van der Waals surface area contributed by atoms with Gasteiger partial charge in [-0.3, -0.25) is 14.5 Å². The quantitative estimate of drug-likeness (QED) is 0.874. The molecule has 0 aliphatic carbocycles. The maximum absolute atomic E-state index is 12.6. The fourth-order valence-corrected chi connectivity index (χ4v) is 5.27. The summed E-state index contributed by atoms with van der Waals surface area (Å²) in [7, 11) is 0. The average Bonchev–Trinajstić information content (AvgIpc) is 3.13. The van der Waals surface area contributed by atoms with Crippen molar-refractivity contribution in [2.75, 3.05) is 32.7 Å². The van der Waals surface area contributed by atoms with Crippen LogP contribution in [0.2, 0.25) is 0 Å². The van der Waals surface area contributed by atoms with Crippen LogP contribution in [0, 0.1) is 5.92 Å². The van der Waals surface area contributed by atoms with E-state index in [0.717, 1.165) is 50.8 Å². The highest BCUT2D eigenvalue weighted by atomic mass is 32.1. The van der Waals surface area contributed by atoms with Crippen molar-refractivity contribution >= 4 is 33.4 Å². The van der Waals surface area contributed by atoms with Crippen molar-refractivity contribution in [1.29, 1.82) is 0 Å². The molecule has 1 atom stereocenters. The number of piperidine rings is 2. The van der Waals surface area contributed by atoms with Gasteiger partial charge in [0.2, 0.25) is 11.8 Å². The van der Waals surface area contributed by atoms with E-state index in [2.05, 4.69) is 23.1 Å². The van der Waals surface area contributed by atoms with Crippen molar-refractivity contribution in [1.82, 2.24) is 14.8 Å². The number of hydrogen-bond acceptors (Lipinski definition) is 5. The van der Waals surface area contributed by atoms with Crippen LogP contribution in [0.4, 0.5) is 0 Å². The molecule has 27 heavy (non-hydrogen) atoms. The van der Waals surface area contributed by atoms with Crippen LogP contribution in [0.5, 0.6) is 0 Å². The Morgan fingerprint density at radius 2 is 1.93 bits per heavy atom. The number of carbonyl (C=O) groups is 2. The molecule has 1 aromatic carbocycles. The Kier molecular flexibility index (Phi) is 5.41. The van der Waals surface area contributed by atoms with Crippen molar-refractivity contribution in [2.45, 2.75) is 31.6 Å². The molecule has 2 N–H and O–H groups in total. The molecule has 0 bridgehead atoms. The number of hydrogen-bond donors (Lipinski definition) is 1. The van der Waals surface area contributed by atoms with Gasteiger partial charge in [-0.25, -0.2) is 4.98 Å². The molecule has 2 aromatic rings. The summed E-state index contributed by atoms with van der Waals surface area (Å²) in [4.78, 5) is 32.9. The molecule has 2 amide bonds. The molecule has 2 aliphatic heterocycles. The first-order chi connectivity index (χ1) is 13.1. The molecular formula is C20H26N4O2S. The van der Waals surface area contributed by atoms with Crippen LogP contribution in [0.1, 0.15) is 36.6 Å². The molecule has 3 heterocycles. The van der Waals surface area contributed by atoms with Gasteiger partial charge in [-0.05, 0) is 50.9 Å². The third-order valence-corrected chi connectivity index (χ3v) is 6.98. The summed E-state index contributed by atoms with van der Waals surface area (Å²) >= 11 is 1.80. The summed E-state index contributed by atoms with van der Waals surface area (Å²) < 4.78 is 1.25. The zero-order chi connectivity index (χ0) is 18.8. The van der Waals surface area contributed by atoms with E-state index < -0.39 is 0 Å². The zero-order valence-electron chi connectivity index (χ0n) is 15.5. The van der Waals surface area contributed by atoms with Crippen LogP contribution in [0.15, 0.2) is 24.3 Å². The van der Waals surface area contributed by atoms with Gasteiger partial charge in [-0.2, -0.15) is 0 Å². The minimum Gasteiger partial charge on any atom is -0.369 e. The minimum absolute atomic E-state index is 0.124. The zero-order valence-corrected chi connectivity index (χ0v) is 16.3. The van der Waals surface area contributed by atoms with E-state index in [0.29, 0.717) is 19.0 Å². The van der Waals surface area contributed by atoms with Gasteiger partial charge in [0.05, 0.1) is 27.7 Å². The van der Waals surface area contributed by atoms with Gasteiger partial charge < -0.3 is 10.6 Å². The highest BCUT2D eigenvalue weighted by molar-refractivity contribution is 7.18. The molecule has 7 heteroatoms. The summed E-state index contributed by atoms with van der Waals surface area (Å²) in [6.07, 6.45) is 3.74. The Morgan fingerprint density at radius 3 is 2.67 bits per heavy atom. The van der Waals surface area contributed by atoms with Crippen LogP contribution < -0.4 is 5.73 Å². The standard InChI is InChI=1S/C20H26N4O2S/c21-19(26)15-4-3-9-24(12-15)18(25)13-23-10-7-14(8-11-23)20-22-16-5-1-2-6-17(16)27-20/h1-2,5-6,14-15H,3-4,7-13H2,(H2,21,26)/t15-/m1/s1. The van der Waals surface area contributed by atoms with Gasteiger partial charge in [0.25, 0.3) is 0 Å². The monoisotopic (exact) mass is 386 g/mol. The van der Waals surface area contributed by atoms with Crippen LogP contribution in [0.25, 0.3) is 10.2 Å². The molecule has 1 aromatic heterocycles. The molecule has 2 aliphatic rings. The van der Waals surface area contributed by atoms with E-state index in [1.807, 2.05) is 11.0 Å². The van der Waals surface area contributed by atoms with Gasteiger partial charge >= 0.3 is 0 Å². The van der Waals surface area contributed by atoms with Crippen molar-refractivity contribution in [3.63, 3.8) is 0 Å². The van der Waals surface area contributed by atoms with Gasteiger partial charge in [0.15, 0.2) is 0 Å². The number of thiazole rings is 1. The molecule has 2 fully saturated rings. The lowest BCUT2D eigenvalue weighted by Crippen LogP contribution is -2.48. The molecule has 4 rings (SSSR count). The first-order valence-electron chi connectivity index (χ1n) is 9.75. The number of amides is 2. The van der Waals surface area contributed by atoms with Crippen LogP contribution in [0.3, 0.4) is 0 Å². The molecule has 0 radical (unpaired) electrons. The fraction of sp³-hybridized carbons (Fsp3) is 0.550. The maximum atomic E-state index is 12.6.